The van der Waals surface area contributed by atoms with Crippen LogP contribution in [-0.2, 0) is 26.9 Å². The van der Waals surface area contributed by atoms with Crippen LogP contribution in [0.25, 0.3) is 16.7 Å². The molecule has 0 radical (unpaired) electrons. The third-order valence-corrected chi connectivity index (χ3v) is 5.85. The molecule has 0 saturated heterocycles. The Kier molecular flexibility index (Phi) is 7.11. The summed E-state index contributed by atoms with van der Waals surface area (Å²) in [4.78, 5) is 18.9. The summed E-state index contributed by atoms with van der Waals surface area (Å²) in [6.07, 6.45) is -10.8. The molecule has 0 saturated carbocycles. The molecule has 0 fully saturated rings. The van der Waals surface area contributed by atoms with Crippen molar-refractivity contribution in [2.45, 2.75) is 43.8 Å². The molecule has 0 spiro atoms. The lowest BCUT2D eigenvalue weighted by molar-refractivity contribution is -0.145. The number of halogens is 8. The molecule has 18 heteroatoms. The van der Waals surface area contributed by atoms with Crippen molar-refractivity contribution in [2.75, 3.05) is 11.6 Å². The van der Waals surface area contributed by atoms with E-state index in [0.29, 0.717) is 23.1 Å². The quantitative estimate of drug-likeness (QED) is 0.296. The summed E-state index contributed by atoms with van der Waals surface area (Å²) in [7, 11) is -4.53. The van der Waals surface area contributed by atoms with E-state index in [-0.39, 0.29) is 0 Å². The number of fused-ring (bicyclic) bond motifs is 1. The Morgan fingerprint density at radius 2 is 1.54 bits per heavy atom. The van der Waals surface area contributed by atoms with Crippen molar-refractivity contribution in [1.29, 1.82) is 0 Å². The van der Waals surface area contributed by atoms with E-state index in [9.17, 15) is 39.6 Å². The molecule has 1 amide bonds. The second-order valence-corrected chi connectivity index (χ2v) is 11.2. The number of carbonyl (C=O) groups excluding carboxylic acids is 1. The van der Waals surface area contributed by atoms with E-state index in [2.05, 4.69) is 20.4 Å². The highest BCUT2D eigenvalue weighted by Crippen LogP contribution is 2.41. The van der Waals surface area contributed by atoms with Gasteiger partial charge in [0.05, 0.1) is 15.6 Å². The Labute approximate surface area is 214 Å². The van der Waals surface area contributed by atoms with Crippen molar-refractivity contribution in [2.24, 2.45) is 0 Å². The second kappa shape index (κ2) is 9.16. The average molecular weight is 594 g/mol. The second-order valence-electron chi connectivity index (χ2n) is 8.49. The first-order valence-electron chi connectivity index (χ1n) is 9.74. The van der Waals surface area contributed by atoms with Crippen LogP contribution in [0.15, 0.2) is 17.2 Å². The van der Waals surface area contributed by atoms with E-state index in [1.165, 1.54) is 20.8 Å². The summed E-state index contributed by atoms with van der Waals surface area (Å²) >= 11 is 12.1. The fraction of sp³-hybridized carbons (Fsp3) is 0.368. The van der Waals surface area contributed by atoms with Crippen LogP contribution in [0.1, 0.15) is 32.2 Å². The van der Waals surface area contributed by atoms with Gasteiger partial charge in [0, 0.05) is 6.26 Å². The van der Waals surface area contributed by atoms with Crippen LogP contribution in [0.4, 0.5) is 37.0 Å². The highest BCUT2D eigenvalue weighted by Gasteiger charge is 2.39. The van der Waals surface area contributed by atoms with E-state index >= 15 is 0 Å². The molecule has 0 bridgehead atoms. The van der Waals surface area contributed by atoms with Gasteiger partial charge in [0.2, 0.25) is 5.82 Å². The molecule has 1 aromatic carbocycles. The van der Waals surface area contributed by atoms with Gasteiger partial charge in [0.25, 0.3) is 0 Å². The Bertz CT molecular complexity index is 1490. The number of aromatic nitrogens is 4. The van der Waals surface area contributed by atoms with Crippen LogP contribution < -0.4 is 5.32 Å². The van der Waals surface area contributed by atoms with Gasteiger partial charge in [-0.15, -0.1) is 5.10 Å². The first kappa shape index (κ1) is 28.7. The van der Waals surface area contributed by atoms with Gasteiger partial charge in [0.15, 0.2) is 26.3 Å². The largest absolute Gasteiger partial charge is 0.451 e. The van der Waals surface area contributed by atoms with Crippen molar-refractivity contribution < 1.29 is 44.3 Å². The van der Waals surface area contributed by atoms with Crippen molar-refractivity contribution in [3.05, 3.63) is 33.6 Å². The minimum atomic E-state index is -5.21. The summed E-state index contributed by atoms with van der Waals surface area (Å²) in [5.74, 6) is -2.56. The van der Waals surface area contributed by atoms with Gasteiger partial charge in [-0.25, -0.2) is 27.9 Å². The van der Waals surface area contributed by atoms with Crippen LogP contribution >= 0.6 is 23.2 Å². The number of benzene rings is 1. The van der Waals surface area contributed by atoms with E-state index in [1.54, 1.807) is 0 Å². The Morgan fingerprint density at radius 3 is 1.97 bits per heavy atom. The number of nitrogens with zero attached hydrogens (tertiary/aromatic N) is 4. The van der Waals surface area contributed by atoms with E-state index < -0.39 is 82.9 Å². The molecule has 2 aromatic heterocycles. The zero-order chi connectivity index (χ0) is 28.3. The van der Waals surface area contributed by atoms with Crippen LogP contribution in [0.3, 0.4) is 0 Å². The standard InChI is InChI=1S/C19H15Cl2F6N5O4S/c1-17(2,3)36-16(33)29-13-10-12(28-15(19(25,26)27)30-14(10)37(4,34)35)31-32(13)11-8(20)5-7(6-9(11)21)18(22,23)24/h5-6H,1-4H3,(H,29,33). The molecule has 9 nitrogen and oxygen atoms in total. The maximum Gasteiger partial charge on any atom is 0.451 e. The molecule has 2 heterocycles. The molecule has 37 heavy (non-hydrogen) atoms. The number of hydrogen-bond donors (Lipinski definition) is 1. The maximum atomic E-state index is 13.4. The SMILES string of the molecule is CC(C)(C)OC(=O)Nc1c2c(S(C)(=O)=O)nc(C(F)(F)F)nc2nn1-c1c(Cl)cc(C(F)(F)F)cc1Cl. The van der Waals surface area contributed by atoms with Gasteiger partial charge < -0.3 is 4.74 Å². The highest BCUT2D eigenvalue weighted by atomic mass is 35.5. The minimum absolute atomic E-state index is 0.455. The van der Waals surface area contributed by atoms with Crippen molar-refractivity contribution >= 4 is 56.0 Å². The number of amides is 1. The lowest BCUT2D eigenvalue weighted by Crippen LogP contribution is -2.28. The normalized spacial score (nSPS) is 13.2. The summed E-state index contributed by atoms with van der Waals surface area (Å²) in [5.41, 5.74) is -3.77. The first-order valence-corrected chi connectivity index (χ1v) is 12.4. The number of alkyl halides is 6. The molecule has 1 N–H and O–H groups in total. The van der Waals surface area contributed by atoms with E-state index in [1.807, 2.05) is 0 Å². The molecule has 0 aliphatic heterocycles. The Hall–Kier alpha value is -2.85. The Balaban J connectivity index is 2.45. The molecular weight excluding hydrogens is 579 g/mol. The lowest BCUT2D eigenvalue weighted by Gasteiger charge is -2.20. The number of rotatable bonds is 3. The van der Waals surface area contributed by atoms with E-state index in [4.69, 9.17) is 27.9 Å². The number of ether oxygens (including phenoxy) is 1. The van der Waals surface area contributed by atoms with E-state index in [0.717, 1.165) is 0 Å². The van der Waals surface area contributed by atoms with Crippen LogP contribution in [0.2, 0.25) is 10.0 Å². The predicted octanol–water partition coefficient (Wildman–Crippen LogP) is 5.91. The molecule has 0 aliphatic carbocycles. The monoisotopic (exact) mass is 593 g/mol. The fourth-order valence-corrected chi connectivity index (χ4v) is 4.42. The average Bonchev–Trinajstić information content (AvgIpc) is 3.00. The summed E-state index contributed by atoms with van der Waals surface area (Å²) in [5, 5.41) is 2.65. The van der Waals surface area contributed by atoms with Crippen molar-refractivity contribution in [3.63, 3.8) is 0 Å². The number of anilines is 1. The molecule has 3 aromatic rings. The van der Waals surface area contributed by atoms with Gasteiger partial charge in [0.1, 0.15) is 16.7 Å². The molecule has 0 atom stereocenters. The first-order chi connectivity index (χ1) is 16.6. The molecule has 3 rings (SSSR count). The molecule has 0 aliphatic rings. The molecule has 202 valence electrons. The summed E-state index contributed by atoms with van der Waals surface area (Å²) in [6, 6.07) is 0.910. The fourth-order valence-electron chi connectivity index (χ4n) is 2.96. The summed E-state index contributed by atoms with van der Waals surface area (Å²) in [6.45, 7) is 4.44. The number of sulfone groups is 1. The smallest absolute Gasteiger partial charge is 0.444 e. The summed E-state index contributed by atoms with van der Waals surface area (Å²) < 4.78 is 110. The van der Waals surface area contributed by atoms with Crippen LogP contribution in [-0.4, -0.2) is 46.1 Å². The number of hydrogen-bond acceptors (Lipinski definition) is 7. The zero-order valence-corrected chi connectivity index (χ0v) is 21.3. The molecular formula is C19H15Cl2F6N5O4S. The van der Waals surface area contributed by atoms with Crippen LogP contribution in [0.5, 0.6) is 0 Å². The third kappa shape index (κ3) is 6.18. The zero-order valence-electron chi connectivity index (χ0n) is 19.0. The number of nitrogens with one attached hydrogen (secondary N) is 1. The molecule has 0 unspecified atom stereocenters. The van der Waals surface area contributed by atoms with Gasteiger partial charge in [-0.05, 0) is 32.9 Å². The number of carbonyl (C=O) groups is 1. The third-order valence-electron chi connectivity index (χ3n) is 4.28. The van der Waals surface area contributed by atoms with Crippen molar-refractivity contribution in [3.8, 4) is 5.69 Å². The van der Waals surface area contributed by atoms with Gasteiger partial charge >= 0.3 is 18.4 Å². The van der Waals surface area contributed by atoms with Crippen LogP contribution in [0, 0.1) is 0 Å². The maximum absolute atomic E-state index is 13.4. The Morgan fingerprint density at radius 1 is 1.00 bits per heavy atom. The van der Waals surface area contributed by atoms with Crippen molar-refractivity contribution in [1.82, 2.24) is 19.7 Å². The van der Waals surface area contributed by atoms with Gasteiger partial charge in [-0.3, -0.25) is 5.32 Å². The minimum Gasteiger partial charge on any atom is -0.444 e. The van der Waals surface area contributed by atoms with Gasteiger partial charge in [-0.2, -0.15) is 26.3 Å². The van der Waals surface area contributed by atoms with Gasteiger partial charge in [-0.1, -0.05) is 23.2 Å². The lowest BCUT2D eigenvalue weighted by atomic mass is 10.2. The highest BCUT2D eigenvalue weighted by molar-refractivity contribution is 7.90. The predicted molar refractivity (Wildman–Crippen MR) is 120 cm³/mol. The topological polar surface area (TPSA) is 116 Å².